The Morgan fingerprint density at radius 3 is 2.28 bits per heavy atom. The van der Waals surface area contributed by atoms with E-state index in [1.807, 2.05) is 30.1 Å². The lowest BCUT2D eigenvalue weighted by Gasteiger charge is -2.43. The highest BCUT2D eigenvalue weighted by Crippen LogP contribution is 2.36. The number of piperidine rings is 1. The number of hydrogen-bond acceptors (Lipinski definition) is 2. The zero-order valence-corrected chi connectivity index (χ0v) is 17.1. The Morgan fingerprint density at radius 2 is 1.59 bits per heavy atom. The maximum absolute atomic E-state index is 14.2. The predicted octanol–water partition coefficient (Wildman–Crippen LogP) is 4.71. The van der Waals surface area contributed by atoms with Crippen LogP contribution < -0.4 is 0 Å². The highest BCUT2D eigenvalue weighted by Gasteiger charge is 2.37. The molecule has 1 aliphatic rings. The third kappa shape index (κ3) is 3.77. The molecule has 29 heavy (non-hydrogen) atoms. The number of amides is 1. The van der Waals surface area contributed by atoms with Gasteiger partial charge in [0.2, 0.25) is 0 Å². The minimum absolute atomic E-state index is 0.0598. The van der Waals surface area contributed by atoms with Gasteiger partial charge in [0, 0.05) is 30.0 Å². The van der Waals surface area contributed by atoms with Crippen LogP contribution in [-0.4, -0.2) is 49.4 Å². The summed E-state index contributed by atoms with van der Waals surface area (Å²) in [7, 11) is 4.01. The first-order valence-corrected chi connectivity index (χ1v) is 10.2. The van der Waals surface area contributed by atoms with Gasteiger partial charge in [-0.3, -0.25) is 4.79 Å². The Labute approximate surface area is 171 Å². The van der Waals surface area contributed by atoms with Crippen molar-refractivity contribution >= 4 is 16.7 Å². The largest absolute Gasteiger partial charge is 0.341 e. The molecule has 4 rings (SSSR count). The molecule has 0 spiro atoms. The zero-order chi connectivity index (χ0) is 20.4. The number of rotatable bonds is 4. The summed E-state index contributed by atoms with van der Waals surface area (Å²) < 4.78 is 14.2. The van der Waals surface area contributed by atoms with Crippen LogP contribution in [0.15, 0.2) is 66.7 Å². The molecule has 0 unspecified atom stereocenters. The van der Waals surface area contributed by atoms with E-state index >= 15 is 0 Å². The standard InChI is InChI=1S/C25H27FN2O/c1-27-16-14-25(15-17-27,19-8-4-3-5-9-19)18-28(2)24(29)22-12-13-23(26)21-11-7-6-10-20(21)22/h3-13H,14-18H2,1-2H3. The number of benzene rings is 3. The minimum Gasteiger partial charge on any atom is -0.341 e. The molecule has 150 valence electrons. The average molecular weight is 391 g/mol. The molecule has 0 bridgehead atoms. The first-order chi connectivity index (χ1) is 14.0. The summed E-state index contributed by atoms with van der Waals surface area (Å²) in [4.78, 5) is 17.5. The molecule has 1 saturated heterocycles. The van der Waals surface area contributed by atoms with Gasteiger partial charge in [0.25, 0.3) is 5.91 Å². The van der Waals surface area contributed by atoms with Crippen LogP contribution in [0.5, 0.6) is 0 Å². The summed E-state index contributed by atoms with van der Waals surface area (Å²) in [5, 5.41) is 1.16. The van der Waals surface area contributed by atoms with Crippen molar-refractivity contribution in [2.24, 2.45) is 0 Å². The van der Waals surface area contributed by atoms with Gasteiger partial charge in [-0.15, -0.1) is 0 Å². The van der Waals surface area contributed by atoms with Gasteiger partial charge in [-0.25, -0.2) is 4.39 Å². The lowest BCUT2D eigenvalue weighted by Crippen LogP contribution is -2.48. The van der Waals surface area contributed by atoms with Gasteiger partial charge >= 0.3 is 0 Å². The molecule has 0 atom stereocenters. The third-order valence-corrected chi connectivity index (χ3v) is 6.32. The molecule has 3 aromatic rings. The molecule has 1 heterocycles. The van der Waals surface area contributed by atoms with Gasteiger partial charge < -0.3 is 9.80 Å². The van der Waals surface area contributed by atoms with Crippen LogP contribution in [0.2, 0.25) is 0 Å². The average Bonchev–Trinajstić information content (AvgIpc) is 2.76. The van der Waals surface area contributed by atoms with Crippen molar-refractivity contribution in [1.82, 2.24) is 9.80 Å². The highest BCUT2D eigenvalue weighted by molar-refractivity contribution is 6.07. The van der Waals surface area contributed by atoms with Crippen LogP contribution in [0.25, 0.3) is 10.8 Å². The monoisotopic (exact) mass is 390 g/mol. The maximum atomic E-state index is 14.2. The van der Waals surface area contributed by atoms with E-state index < -0.39 is 0 Å². The summed E-state index contributed by atoms with van der Waals surface area (Å²) in [5.74, 6) is -0.355. The van der Waals surface area contributed by atoms with Gasteiger partial charge in [0.15, 0.2) is 0 Å². The topological polar surface area (TPSA) is 23.6 Å². The van der Waals surface area contributed by atoms with Crippen molar-refractivity contribution in [3.05, 3.63) is 83.7 Å². The Kier molecular flexibility index (Phi) is 5.37. The van der Waals surface area contributed by atoms with Gasteiger partial charge in [0.05, 0.1) is 0 Å². The van der Waals surface area contributed by atoms with Gasteiger partial charge in [-0.1, -0.05) is 54.6 Å². The van der Waals surface area contributed by atoms with Crippen LogP contribution in [0, 0.1) is 5.82 Å². The summed E-state index contributed by atoms with van der Waals surface area (Å²) in [6.45, 7) is 2.67. The van der Waals surface area contributed by atoms with Crippen LogP contribution in [0.4, 0.5) is 4.39 Å². The second-order valence-electron chi connectivity index (χ2n) is 8.25. The SMILES string of the molecule is CN1CCC(CN(C)C(=O)c2ccc(F)c3ccccc23)(c2ccccc2)CC1. The number of hydrogen-bond donors (Lipinski definition) is 0. The molecule has 0 saturated carbocycles. The van der Waals surface area contributed by atoms with E-state index in [4.69, 9.17) is 0 Å². The van der Waals surface area contributed by atoms with Crippen molar-refractivity contribution in [2.45, 2.75) is 18.3 Å². The number of carbonyl (C=O) groups is 1. The summed E-state index contributed by atoms with van der Waals surface area (Å²) in [5.41, 5.74) is 1.78. The summed E-state index contributed by atoms with van der Waals surface area (Å²) >= 11 is 0. The molecule has 0 aromatic heterocycles. The van der Waals surface area contributed by atoms with Crippen LogP contribution in [0.3, 0.4) is 0 Å². The fraction of sp³-hybridized carbons (Fsp3) is 0.320. The van der Waals surface area contributed by atoms with E-state index in [9.17, 15) is 9.18 Å². The highest BCUT2D eigenvalue weighted by atomic mass is 19.1. The predicted molar refractivity (Wildman–Crippen MR) is 116 cm³/mol. The molecule has 4 heteroatoms. The minimum atomic E-state index is -0.295. The van der Waals surface area contributed by atoms with Crippen LogP contribution in [-0.2, 0) is 5.41 Å². The Hall–Kier alpha value is -2.72. The van der Waals surface area contributed by atoms with Crippen LogP contribution >= 0.6 is 0 Å². The van der Waals surface area contributed by atoms with Gasteiger partial charge in [0.1, 0.15) is 5.82 Å². The lowest BCUT2D eigenvalue weighted by molar-refractivity contribution is 0.0715. The quantitative estimate of drug-likeness (QED) is 0.644. The fourth-order valence-electron chi connectivity index (χ4n) is 4.56. The number of halogens is 1. The molecular formula is C25H27FN2O. The lowest BCUT2D eigenvalue weighted by atomic mass is 9.72. The molecule has 1 fully saturated rings. The van der Waals surface area contributed by atoms with E-state index in [-0.39, 0.29) is 17.1 Å². The van der Waals surface area contributed by atoms with E-state index in [0.717, 1.165) is 25.9 Å². The second-order valence-corrected chi connectivity index (χ2v) is 8.25. The first kappa shape index (κ1) is 19.6. The van der Waals surface area contributed by atoms with Crippen molar-refractivity contribution in [2.75, 3.05) is 33.7 Å². The van der Waals surface area contributed by atoms with Crippen molar-refractivity contribution in [1.29, 1.82) is 0 Å². The van der Waals surface area contributed by atoms with Gasteiger partial charge in [-0.05, 0) is 56.1 Å². The Morgan fingerprint density at radius 1 is 0.966 bits per heavy atom. The molecule has 0 aliphatic carbocycles. The van der Waals surface area contributed by atoms with Crippen LogP contribution in [0.1, 0.15) is 28.8 Å². The Balaban J connectivity index is 1.66. The number of fused-ring (bicyclic) bond motifs is 1. The second kappa shape index (κ2) is 7.96. The maximum Gasteiger partial charge on any atom is 0.254 e. The number of likely N-dealkylation sites (tertiary alicyclic amines) is 1. The smallest absolute Gasteiger partial charge is 0.254 e. The molecule has 1 aliphatic heterocycles. The fourth-order valence-corrected chi connectivity index (χ4v) is 4.56. The van der Waals surface area contributed by atoms with Crippen molar-refractivity contribution in [3.63, 3.8) is 0 Å². The van der Waals surface area contributed by atoms with Crippen molar-refractivity contribution in [3.8, 4) is 0 Å². The Bertz CT molecular complexity index is 1010. The van der Waals surface area contributed by atoms with E-state index in [1.165, 1.54) is 11.6 Å². The number of nitrogens with zero attached hydrogens (tertiary/aromatic N) is 2. The molecule has 0 N–H and O–H groups in total. The number of likely N-dealkylation sites (N-methyl/N-ethyl adjacent to an activating group) is 1. The first-order valence-electron chi connectivity index (χ1n) is 10.2. The molecular weight excluding hydrogens is 363 g/mol. The molecule has 0 radical (unpaired) electrons. The molecule has 3 aromatic carbocycles. The van der Waals surface area contributed by atoms with E-state index in [1.54, 1.807) is 18.2 Å². The molecule has 1 amide bonds. The zero-order valence-electron chi connectivity index (χ0n) is 17.1. The summed E-state index contributed by atoms with van der Waals surface area (Å²) in [6.07, 6.45) is 2.02. The number of carbonyl (C=O) groups excluding carboxylic acids is 1. The third-order valence-electron chi connectivity index (χ3n) is 6.32. The summed E-state index contributed by atoms with van der Waals surface area (Å²) in [6, 6.07) is 20.7. The molecule has 3 nitrogen and oxygen atoms in total. The van der Waals surface area contributed by atoms with E-state index in [0.29, 0.717) is 22.9 Å². The van der Waals surface area contributed by atoms with E-state index in [2.05, 4.69) is 36.2 Å². The normalized spacial score (nSPS) is 16.7. The van der Waals surface area contributed by atoms with Crippen molar-refractivity contribution < 1.29 is 9.18 Å². The van der Waals surface area contributed by atoms with Gasteiger partial charge in [-0.2, -0.15) is 0 Å².